The second-order valence-electron chi connectivity index (χ2n) is 7.27. The number of rotatable bonds is 2. The van der Waals surface area contributed by atoms with Gasteiger partial charge in [0.15, 0.2) is 5.78 Å². The molecular weight excluding hydrogens is 344 g/mol. The molecule has 6 heteroatoms. The average molecular weight is 368 g/mol. The van der Waals surface area contributed by atoms with Crippen LogP contribution in [0.4, 0.5) is 0 Å². The Bertz CT molecular complexity index is 849. The molecule has 1 unspecified atom stereocenters. The third-order valence-corrected chi connectivity index (χ3v) is 5.51. The Labute approximate surface area is 158 Å². The van der Waals surface area contributed by atoms with E-state index < -0.39 is 5.92 Å². The van der Waals surface area contributed by atoms with Crippen molar-refractivity contribution in [2.75, 3.05) is 26.3 Å². The van der Waals surface area contributed by atoms with Crippen LogP contribution in [-0.2, 0) is 14.3 Å². The number of allylic oxidation sites excluding steroid dienone is 3. The Morgan fingerprint density at radius 3 is 2.78 bits per heavy atom. The summed E-state index contributed by atoms with van der Waals surface area (Å²) in [6.45, 7) is 4.03. The van der Waals surface area contributed by atoms with Crippen molar-refractivity contribution in [2.24, 2.45) is 0 Å². The quantitative estimate of drug-likeness (QED) is 0.837. The van der Waals surface area contributed by atoms with Crippen molar-refractivity contribution in [1.82, 2.24) is 10.2 Å². The molecule has 1 aliphatic carbocycles. The fraction of sp³-hybridized carbons (Fsp3) is 0.429. The van der Waals surface area contributed by atoms with E-state index in [0.717, 1.165) is 29.8 Å². The predicted molar refractivity (Wildman–Crippen MR) is 100.0 cm³/mol. The maximum atomic E-state index is 13.4. The number of benzene rings is 1. The summed E-state index contributed by atoms with van der Waals surface area (Å²) < 4.78 is 5.37. The van der Waals surface area contributed by atoms with E-state index in [1.165, 1.54) is 0 Å². The Hall–Kier alpha value is -2.60. The number of Topliss-reactive ketones (excluding diaryl/α,β-unsaturated/α-hetero) is 1. The molecule has 0 saturated carbocycles. The molecule has 1 aromatic rings. The topological polar surface area (TPSA) is 78.9 Å². The smallest absolute Gasteiger partial charge is 0.252 e. The number of nitrogens with zero attached hydrogens (tertiary/aromatic N) is 1. The lowest BCUT2D eigenvalue weighted by Crippen LogP contribution is -2.44. The molecule has 4 rings (SSSR count). The highest BCUT2D eigenvalue weighted by molar-refractivity contribution is 6.05. The zero-order chi connectivity index (χ0) is 19.0. The molecule has 3 aliphatic rings. The summed E-state index contributed by atoms with van der Waals surface area (Å²) in [6, 6.07) is 6.89. The van der Waals surface area contributed by atoms with Crippen LogP contribution >= 0.6 is 0 Å². The first-order valence-electron chi connectivity index (χ1n) is 9.46. The van der Waals surface area contributed by atoms with Crippen molar-refractivity contribution in [1.29, 1.82) is 0 Å². The Morgan fingerprint density at radius 1 is 1.26 bits per heavy atom. The lowest BCUT2D eigenvalue weighted by molar-refractivity contribution is -0.131. The van der Waals surface area contributed by atoms with Gasteiger partial charge in [-0.3, -0.25) is 9.59 Å². The molecule has 2 N–H and O–H groups in total. The van der Waals surface area contributed by atoms with Crippen LogP contribution in [0, 0.1) is 0 Å². The summed E-state index contributed by atoms with van der Waals surface area (Å²) >= 11 is 0. The molecule has 2 heterocycles. The number of hydrogen-bond acceptors (Lipinski definition) is 5. The van der Waals surface area contributed by atoms with E-state index in [1.54, 1.807) is 23.1 Å². The number of morpholine rings is 1. The molecule has 1 saturated heterocycles. The summed E-state index contributed by atoms with van der Waals surface area (Å²) in [5.74, 6) is -0.304. The fourth-order valence-corrected chi connectivity index (χ4v) is 4.24. The number of ether oxygens (including phenoxy) is 1. The average Bonchev–Trinajstić information content (AvgIpc) is 2.67. The maximum Gasteiger partial charge on any atom is 0.252 e. The minimum atomic E-state index is -0.448. The minimum Gasteiger partial charge on any atom is -0.508 e. The molecule has 142 valence electrons. The van der Waals surface area contributed by atoms with E-state index in [2.05, 4.69) is 5.32 Å². The molecule has 1 atom stereocenters. The number of phenolic OH excluding ortho intramolecular Hbond substituents is 1. The number of nitrogens with one attached hydrogen (secondary N) is 1. The molecule has 0 aromatic heterocycles. The van der Waals surface area contributed by atoms with Gasteiger partial charge in [-0.2, -0.15) is 0 Å². The molecule has 2 aliphatic heterocycles. The summed E-state index contributed by atoms with van der Waals surface area (Å²) in [7, 11) is 0. The van der Waals surface area contributed by atoms with Crippen LogP contribution in [0.2, 0.25) is 0 Å². The van der Waals surface area contributed by atoms with Crippen LogP contribution in [0.15, 0.2) is 46.8 Å². The normalized spacial score (nSPS) is 23.2. The van der Waals surface area contributed by atoms with Crippen molar-refractivity contribution >= 4 is 11.7 Å². The van der Waals surface area contributed by atoms with E-state index in [4.69, 9.17) is 4.74 Å². The second-order valence-corrected chi connectivity index (χ2v) is 7.27. The van der Waals surface area contributed by atoms with Gasteiger partial charge in [0.05, 0.1) is 13.2 Å². The third-order valence-electron chi connectivity index (χ3n) is 5.51. The predicted octanol–water partition coefficient (Wildman–Crippen LogP) is 2.22. The SMILES string of the molecule is CC1=C(C(=O)N2CCOCC2)C(c2cccc(O)c2)C2=C(CCCC2=O)N1. The molecule has 0 radical (unpaired) electrons. The Balaban J connectivity index is 1.82. The highest BCUT2D eigenvalue weighted by atomic mass is 16.5. The summed E-state index contributed by atoms with van der Waals surface area (Å²) in [5, 5.41) is 13.3. The van der Waals surface area contributed by atoms with Crippen molar-refractivity contribution in [3.63, 3.8) is 0 Å². The number of amides is 1. The maximum absolute atomic E-state index is 13.4. The number of carbonyl (C=O) groups is 2. The molecule has 1 amide bonds. The van der Waals surface area contributed by atoms with E-state index in [0.29, 0.717) is 43.9 Å². The zero-order valence-electron chi connectivity index (χ0n) is 15.5. The van der Waals surface area contributed by atoms with Crippen LogP contribution in [0.3, 0.4) is 0 Å². The van der Waals surface area contributed by atoms with Gasteiger partial charge in [0.1, 0.15) is 5.75 Å². The van der Waals surface area contributed by atoms with Crippen LogP contribution in [0.1, 0.15) is 37.7 Å². The number of dihydropyridines is 1. The van der Waals surface area contributed by atoms with Crippen molar-refractivity contribution in [3.8, 4) is 5.75 Å². The zero-order valence-corrected chi connectivity index (χ0v) is 15.5. The first kappa shape index (κ1) is 17.8. The van der Waals surface area contributed by atoms with E-state index >= 15 is 0 Å². The summed E-state index contributed by atoms with van der Waals surface area (Å²) in [5.41, 5.74) is 3.74. The van der Waals surface area contributed by atoms with Gasteiger partial charge in [0, 0.05) is 48.0 Å². The molecule has 27 heavy (non-hydrogen) atoms. The van der Waals surface area contributed by atoms with Gasteiger partial charge in [0.2, 0.25) is 0 Å². The molecular formula is C21H24N2O4. The largest absolute Gasteiger partial charge is 0.508 e. The molecule has 1 aromatic carbocycles. The number of ketones is 1. The first-order chi connectivity index (χ1) is 13.1. The number of aromatic hydroxyl groups is 1. The first-order valence-corrected chi connectivity index (χ1v) is 9.46. The number of hydrogen-bond donors (Lipinski definition) is 2. The van der Waals surface area contributed by atoms with Crippen molar-refractivity contribution < 1.29 is 19.4 Å². The van der Waals surface area contributed by atoms with E-state index in [1.807, 2.05) is 13.0 Å². The van der Waals surface area contributed by atoms with Crippen molar-refractivity contribution in [2.45, 2.75) is 32.1 Å². The third kappa shape index (κ3) is 3.25. The van der Waals surface area contributed by atoms with E-state index in [9.17, 15) is 14.7 Å². The molecule has 0 bridgehead atoms. The van der Waals surface area contributed by atoms with Crippen LogP contribution < -0.4 is 5.32 Å². The Kier molecular flexibility index (Phi) is 4.74. The van der Waals surface area contributed by atoms with Gasteiger partial charge < -0.3 is 20.1 Å². The second kappa shape index (κ2) is 7.19. The highest BCUT2D eigenvalue weighted by Gasteiger charge is 2.39. The highest BCUT2D eigenvalue weighted by Crippen LogP contribution is 2.43. The van der Waals surface area contributed by atoms with Gasteiger partial charge >= 0.3 is 0 Å². The van der Waals surface area contributed by atoms with Gasteiger partial charge in [0.25, 0.3) is 5.91 Å². The lowest BCUT2D eigenvalue weighted by atomic mass is 9.75. The van der Waals surface area contributed by atoms with Crippen molar-refractivity contribution in [3.05, 3.63) is 52.4 Å². The fourth-order valence-electron chi connectivity index (χ4n) is 4.24. The lowest BCUT2D eigenvalue weighted by Gasteiger charge is -2.37. The molecule has 0 spiro atoms. The Morgan fingerprint density at radius 2 is 2.04 bits per heavy atom. The molecule has 1 fully saturated rings. The van der Waals surface area contributed by atoms with E-state index in [-0.39, 0.29) is 17.4 Å². The number of carbonyl (C=O) groups excluding carboxylic acids is 2. The van der Waals surface area contributed by atoms with Gasteiger partial charge in [-0.1, -0.05) is 12.1 Å². The van der Waals surface area contributed by atoms with Gasteiger partial charge in [-0.15, -0.1) is 0 Å². The van der Waals surface area contributed by atoms with Gasteiger partial charge in [-0.25, -0.2) is 0 Å². The molecule has 6 nitrogen and oxygen atoms in total. The summed E-state index contributed by atoms with van der Waals surface area (Å²) in [6.07, 6.45) is 2.11. The van der Waals surface area contributed by atoms with Crippen LogP contribution in [-0.4, -0.2) is 48.0 Å². The summed E-state index contributed by atoms with van der Waals surface area (Å²) in [4.78, 5) is 28.0. The van der Waals surface area contributed by atoms with Crippen LogP contribution in [0.5, 0.6) is 5.75 Å². The minimum absolute atomic E-state index is 0.0680. The monoisotopic (exact) mass is 368 g/mol. The van der Waals surface area contributed by atoms with Gasteiger partial charge in [-0.05, 0) is 37.5 Å². The standard InChI is InChI=1S/C21H24N2O4/c1-13-18(21(26)23-8-10-27-11-9-23)19(14-4-2-5-15(24)12-14)20-16(22-13)6-3-7-17(20)25/h2,4-5,12,19,22,24H,3,6-11H2,1H3. The number of phenols is 1. The van der Waals surface area contributed by atoms with Crippen LogP contribution in [0.25, 0.3) is 0 Å².